The fraction of sp³-hybridized carbons (Fsp3) is 0.457. The van der Waals surface area contributed by atoms with Crippen molar-refractivity contribution in [1.29, 1.82) is 0 Å². The molecule has 2 aliphatic rings. The summed E-state index contributed by atoms with van der Waals surface area (Å²) < 4.78 is 12.3. The van der Waals surface area contributed by atoms with Gasteiger partial charge in [0.1, 0.15) is 35.5 Å². The number of nitrogens with zero attached hydrogens (tertiary/aromatic N) is 1. The monoisotopic (exact) mass is 808 g/mol. The highest BCUT2D eigenvalue weighted by Gasteiger charge is 2.51. The lowest BCUT2D eigenvalue weighted by molar-refractivity contribution is -0.144. The maximum absolute atomic E-state index is 14.1. The van der Waals surface area contributed by atoms with Crippen LogP contribution in [0.3, 0.4) is 0 Å². The maximum atomic E-state index is 14.1. The van der Waals surface area contributed by atoms with Crippen LogP contribution in [0.2, 0.25) is 5.04 Å². The Morgan fingerprint density at radius 3 is 2.09 bits per heavy atom. The standard InChI is InChI=1S/C46H60N4O7Si/c1-8-46(6)44(55)48-38(31-33-26-28-34(56-7)29-27-33)43(54)50-30-18-24-39(50)42(53)47-37(41(52)49-46)23-16-11-17-25-40(51)32(2)57-58(45(3,4)5,35-19-12-9-13-20-35)36-21-14-10-15-22-36/h9-15,17,19-22,26-29,32,37-39H,8,16,18,23-25,30-31H2,1-7H3,(H,47,53)(H,48,55)(H,49,52)/t32?,37-,38-,39+,46-/m0/s1. The minimum Gasteiger partial charge on any atom is -0.497 e. The van der Waals surface area contributed by atoms with Crippen LogP contribution in [0.15, 0.2) is 97.1 Å². The van der Waals surface area contributed by atoms with Gasteiger partial charge in [-0.3, -0.25) is 24.0 Å². The predicted octanol–water partition coefficient (Wildman–Crippen LogP) is 4.76. The lowest BCUT2D eigenvalue weighted by Crippen LogP contribution is -2.68. The van der Waals surface area contributed by atoms with E-state index in [1.165, 1.54) is 4.90 Å². The topological polar surface area (TPSA) is 143 Å². The third-order valence-corrected chi connectivity index (χ3v) is 16.7. The average molecular weight is 809 g/mol. The number of carbonyl (C=O) groups excluding carboxylic acids is 5. The highest BCUT2D eigenvalue weighted by molar-refractivity contribution is 6.99. The van der Waals surface area contributed by atoms with Crippen molar-refractivity contribution >= 4 is 48.1 Å². The number of amides is 4. The van der Waals surface area contributed by atoms with Crippen molar-refractivity contribution in [1.82, 2.24) is 20.9 Å². The number of carbonyl (C=O) groups is 5. The van der Waals surface area contributed by atoms with E-state index < -0.39 is 55.8 Å². The van der Waals surface area contributed by atoms with E-state index in [2.05, 4.69) is 61.0 Å². The summed E-state index contributed by atoms with van der Waals surface area (Å²) in [7, 11) is -1.36. The number of rotatable bonds is 14. The van der Waals surface area contributed by atoms with Gasteiger partial charge in [-0.05, 0) is 79.1 Å². The van der Waals surface area contributed by atoms with E-state index in [1.54, 1.807) is 39.2 Å². The number of nitrogens with one attached hydrogen (secondary N) is 3. The number of hydrogen-bond acceptors (Lipinski definition) is 7. The molecular weight excluding hydrogens is 749 g/mol. The molecule has 5 atom stereocenters. The normalized spacial score (nSPS) is 22.6. The first-order valence-corrected chi connectivity index (χ1v) is 22.4. The lowest BCUT2D eigenvalue weighted by Gasteiger charge is -2.44. The molecular formula is C46H60N4O7Si. The van der Waals surface area contributed by atoms with Crippen molar-refractivity contribution in [3.8, 4) is 5.75 Å². The number of fused-ring (bicyclic) bond motifs is 1. The summed E-state index contributed by atoms with van der Waals surface area (Å²) in [5.74, 6) is -1.13. The van der Waals surface area contributed by atoms with E-state index in [1.807, 2.05) is 61.5 Å². The fourth-order valence-corrected chi connectivity index (χ4v) is 12.7. The molecule has 0 aliphatic carbocycles. The van der Waals surface area contributed by atoms with Gasteiger partial charge in [0, 0.05) is 19.4 Å². The molecule has 0 radical (unpaired) electrons. The third kappa shape index (κ3) is 9.95. The Morgan fingerprint density at radius 1 is 0.897 bits per heavy atom. The average Bonchev–Trinajstić information content (AvgIpc) is 3.72. The molecule has 12 heteroatoms. The van der Waals surface area contributed by atoms with Crippen LogP contribution in [-0.2, 0) is 34.8 Å². The van der Waals surface area contributed by atoms with Gasteiger partial charge in [0.2, 0.25) is 23.6 Å². The Bertz CT molecular complexity index is 1890. The molecule has 58 heavy (non-hydrogen) atoms. The number of ether oxygens (including phenoxy) is 1. The van der Waals surface area contributed by atoms with Crippen LogP contribution in [0.1, 0.15) is 85.6 Å². The number of benzene rings is 3. The molecule has 0 spiro atoms. The first-order valence-electron chi connectivity index (χ1n) is 20.5. The van der Waals surface area contributed by atoms with E-state index in [0.717, 1.165) is 15.9 Å². The number of ketones is 1. The molecule has 2 aliphatic heterocycles. The van der Waals surface area contributed by atoms with Gasteiger partial charge in [-0.15, -0.1) is 0 Å². The van der Waals surface area contributed by atoms with Gasteiger partial charge in [-0.1, -0.05) is 113 Å². The van der Waals surface area contributed by atoms with Crippen LogP contribution in [0, 0.1) is 0 Å². The SMILES string of the molecule is CC[C@]1(C)NC(=O)[C@H](CCC=CCC(=O)C(C)O[Si](c2ccccc2)(c2ccccc2)C(C)(C)C)NC(=O)[C@H]2CCCN2C(=O)[C@H](Cc2ccc(OC)cc2)NC1=O. The Kier molecular flexibility index (Phi) is 14.5. The molecule has 0 saturated carbocycles. The first kappa shape index (κ1) is 44.0. The Hall–Kier alpha value is -5.07. The van der Waals surface area contributed by atoms with E-state index >= 15 is 0 Å². The molecule has 2 heterocycles. The lowest BCUT2D eigenvalue weighted by atomic mass is 9.94. The first-order chi connectivity index (χ1) is 27.6. The number of allylic oxidation sites excluding steroid dienone is 2. The molecule has 5 rings (SSSR count). The smallest absolute Gasteiger partial charge is 0.262 e. The molecule has 0 aromatic heterocycles. The zero-order valence-corrected chi connectivity index (χ0v) is 36.0. The second-order valence-electron chi connectivity index (χ2n) is 16.6. The molecule has 11 nitrogen and oxygen atoms in total. The van der Waals surface area contributed by atoms with Gasteiger partial charge < -0.3 is 30.0 Å². The molecule has 4 amide bonds. The van der Waals surface area contributed by atoms with Crippen molar-refractivity contribution in [3.05, 3.63) is 103 Å². The molecule has 3 N–H and O–H groups in total. The van der Waals surface area contributed by atoms with Crippen LogP contribution in [-0.4, -0.2) is 86.1 Å². The largest absolute Gasteiger partial charge is 0.497 e. The molecule has 3 aromatic carbocycles. The van der Waals surface area contributed by atoms with Crippen molar-refractivity contribution in [2.45, 2.75) is 121 Å². The second kappa shape index (κ2) is 19.1. The molecule has 3 aromatic rings. The minimum atomic E-state index is -2.94. The Balaban J connectivity index is 1.28. The predicted molar refractivity (Wildman–Crippen MR) is 228 cm³/mol. The molecule has 310 valence electrons. The van der Waals surface area contributed by atoms with Crippen LogP contribution in [0.4, 0.5) is 0 Å². The van der Waals surface area contributed by atoms with Crippen molar-refractivity contribution in [2.75, 3.05) is 13.7 Å². The van der Waals surface area contributed by atoms with Crippen LogP contribution < -0.4 is 31.1 Å². The fourth-order valence-electron chi connectivity index (χ4n) is 7.99. The molecule has 2 fully saturated rings. The summed E-state index contributed by atoms with van der Waals surface area (Å²) >= 11 is 0. The summed E-state index contributed by atoms with van der Waals surface area (Å²) in [6, 6.07) is 24.9. The van der Waals surface area contributed by atoms with Crippen LogP contribution >= 0.6 is 0 Å². The van der Waals surface area contributed by atoms with Crippen LogP contribution in [0.25, 0.3) is 0 Å². The number of hydrogen-bond donors (Lipinski definition) is 3. The quantitative estimate of drug-likeness (QED) is 0.158. The summed E-state index contributed by atoms with van der Waals surface area (Å²) in [6.45, 7) is 12.1. The molecule has 0 bridgehead atoms. The zero-order chi connectivity index (χ0) is 42.1. The van der Waals surface area contributed by atoms with Crippen molar-refractivity contribution in [3.63, 3.8) is 0 Å². The van der Waals surface area contributed by atoms with Crippen molar-refractivity contribution < 1.29 is 33.1 Å². The Morgan fingerprint density at radius 2 is 1.52 bits per heavy atom. The summed E-state index contributed by atoms with van der Waals surface area (Å²) in [4.78, 5) is 70.9. The second-order valence-corrected chi connectivity index (χ2v) is 20.9. The maximum Gasteiger partial charge on any atom is 0.262 e. The highest BCUT2D eigenvalue weighted by atomic mass is 28.4. The van der Waals surface area contributed by atoms with Gasteiger partial charge in [-0.2, -0.15) is 0 Å². The van der Waals surface area contributed by atoms with E-state index in [0.29, 0.717) is 31.6 Å². The zero-order valence-electron chi connectivity index (χ0n) is 35.0. The summed E-state index contributed by atoms with van der Waals surface area (Å²) in [5, 5.41) is 10.6. The van der Waals surface area contributed by atoms with E-state index in [9.17, 15) is 24.0 Å². The number of Topliss-reactive ketones (excluding diaryl/α,β-unsaturated/α-hetero) is 1. The Labute approximate surface area is 344 Å². The van der Waals surface area contributed by atoms with Crippen molar-refractivity contribution in [2.24, 2.45) is 0 Å². The van der Waals surface area contributed by atoms with Crippen LogP contribution in [0.5, 0.6) is 5.75 Å². The molecule has 1 unspecified atom stereocenters. The summed E-state index contributed by atoms with van der Waals surface area (Å²) in [6.07, 6.45) is 5.18. The van der Waals surface area contributed by atoms with Gasteiger partial charge in [-0.25, -0.2) is 0 Å². The van der Waals surface area contributed by atoms with E-state index in [-0.39, 0.29) is 42.4 Å². The van der Waals surface area contributed by atoms with E-state index in [4.69, 9.17) is 9.16 Å². The highest BCUT2D eigenvalue weighted by Crippen LogP contribution is 2.37. The summed E-state index contributed by atoms with van der Waals surface area (Å²) in [5.41, 5.74) is -0.545. The molecule has 2 saturated heterocycles. The van der Waals surface area contributed by atoms with Gasteiger partial charge in [0.25, 0.3) is 8.32 Å². The van der Waals surface area contributed by atoms with Gasteiger partial charge >= 0.3 is 0 Å². The van der Waals surface area contributed by atoms with Gasteiger partial charge in [0.15, 0.2) is 5.78 Å². The number of methoxy groups -OCH3 is 1. The third-order valence-electron chi connectivity index (χ3n) is 11.6. The van der Waals surface area contributed by atoms with Gasteiger partial charge in [0.05, 0.1) is 7.11 Å². The minimum absolute atomic E-state index is 0.0673.